The minimum Gasteiger partial charge on any atom is -0.462 e. The van der Waals surface area contributed by atoms with E-state index in [-0.39, 0.29) is 5.97 Å². The van der Waals surface area contributed by atoms with Crippen molar-refractivity contribution in [1.29, 1.82) is 0 Å². The molecule has 0 aliphatic heterocycles. The molecule has 1 rings (SSSR count). The molecule has 0 heterocycles. The van der Waals surface area contributed by atoms with E-state index in [2.05, 4.69) is 44.5 Å². The van der Waals surface area contributed by atoms with Gasteiger partial charge in [-0.3, -0.25) is 4.99 Å². The highest BCUT2D eigenvalue weighted by molar-refractivity contribution is 5.87. The Morgan fingerprint density at radius 1 is 1.29 bits per heavy atom. The quantitative estimate of drug-likeness (QED) is 0.232. The Bertz CT molecular complexity index is 622. The van der Waals surface area contributed by atoms with Gasteiger partial charge < -0.3 is 9.64 Å². The molecule has 0 N–H and O–H groups in total. The van der Waals surface area contributed by atoms with E-state index in [1.54, 1.807) is 6.92 Å². The maximum atomic E-state index is 11.3. The van der Waals surface area contributed by atoms with Crippen LogP contribution in [0.1, 0.15) is 37.0 Å². The molecule has 0 amide bonds. The Labute approximate surface area is 145 Å². The molecule has 0 saturated heterocycles. The number of rotatable bonds is 8. The standard InChI is InChI=1S/C20H28N2O2/c1-7-10-22(19-17(5)12-16(4)13-18(19)6)14-21-9-8-11-24-20(23)15(2)3/h7,10,12-14H,2,8-9,11H2,1,3-6H3/b10-7-,21-14?. The van der Waals surface area contributed by atoms with Crippen LogP contribution in [0, 0.1) is 20.8 Å². The number of carbonyl (C=O) groups is 1. The highest BCUT2D eigenvalue weighted by atomic mass is 16.5. The molecule has 0 aromatic heterocycles. The van der Waals surface area contributed by atoms with Crippen molar-refractivity contribution in [3.05, 3.63) is 53.3 Å². The summed E-state index contributed by atoms with van der Waals surface area (Å²) in [6.07, 6.45) is 6.49. The largest absolute Gasteiger partial charge is 0.462 e. The number of benzene rings is 1. The molecular weight excluding hydrogens is 300 g/mol. The van der Waals surface area contributed by atoms with Gasteiger partial charge in [0.15, 0.2) is 0 Å². The van der Waals surface area contributed by atoms with Crippen molar-refractivity contribution < 1.29 is 9.53 Å². The summed E-state index contributed by atoms with van der Waals surface area (Å²) in [6.45, 7) is 14.4. The molecule has 0 aliphatic rings. The van der Waals surface area contributed by atoms with Crippen LogP contribution in [0.3, 0.4) is 0 Å². The average molecular weight is 328 g/mol. The van der Waals surface area contributed by atoms with Crippen LogP contribution in [-0.2, 0) is 9.53 Å². The Hall–Kier alpha value is -2.36. The lowest BCUT2D eigenvalue weighted by atomic mass is 10.0. The van der Waals surface area contributed by atoms with Crippen LogP contribution in [-0.4, -0.2) is 25.5 Å². The summed E-state index contributed by atoms with van der Waals surface area (Å²) in [4.78, 5) is 17.8. The number of esters is 1. The highest BCUT2D eigenvalue weighted by Gasteiger charge is 2.08. The summed E-state index contributed by atoms with van der Waals surface area (Å²) in [7, 11) is 0. The fourth-order valence-corrected chi connectivity index (χ4v) is 2.50. The molecule has 0 atom stereocenters. The number of hydrogen-bond acceptors (Lipinski definition) is 3. The van der Waals surface area contributed by atoms with Crippen molar-refractivity contribution in [3.63, 3.8) is 0 Å². The van der Waals surface area contributed by atoms with Gasteiger partial charge in [0, 0.05) is 24.7 Å². The van der Waals surface area contributed by atoms with Crippen molar-refractivity contribution in [3.8, 4) is 0 Å². The smallest absolute Gasteiger partial charge is 0.333 e. The van der Waals surface area contributed by atoms with E-state index in [0.29, 0.717) is 25.1 Å². The Kier molecular flexibility index (Phi) is 7.96. The molecule has 130 valence electrons. The number of aryl methyl sites for hydroxylation is 3. The number of carbonyl (C=O) groups excluding carboxylic acids is 1. The first kappa shape index (κ1) is 19.7. The van der Waals surface area contributed by atoms with E-state index in [1.807, 2.05) is 30.4 Å². The van der Waals surface area contributed by atoms with E-state index < -0.39 is 0 Å². The highest BCUT2D eigenvalue weighted by Crippen LogP contribution is 2.25. The van der Waals surface area contributed by atoms with E-state index in [4.69, 9.17) is 4.74 Å². The normalized spacial score (nSPS) is 11.2. The molecule has 0 aliphatic carbocycles. The molecular formula is C20H28N2O2. The molecule has 0 spiro atoms. The zero-order chi connectivity index (χ0) is 18.1. The molecule has 0 saturated carbocycles. The summed E-state index contributed by atoms with van der Waals surface area (Å²) in [5, 5.41) is 0. The van der Waals surface area contributed by atoms with Gasteiger partial charge in [-0.1, -0.05) is 30.4 Å². The number of anilines is 1. The monoisotopic (exact) mass is 328 g/mol. The fraction of sp³-hybridized carbons (Fsp3) is 0.400. The zero-order valence-electron chi connectivity index (χ0n) is 15.4. The Morgan fingerprint density at radius 2 is 1.92 bits per heavy atom. The lowest BCUT2D eigenvalue weighted by Gasteiger charge is -2.20. The molecule has 0 radical (unpaired) electrons. The van der Waals surface area contributed by atoms with Gasteiger partial charge in [0.2, 0.25) is 0 Å². The lowest BCUT2D eigenvalue weighted by Crippen LogP contribution is -2.16. The second-order valence-electron chi connectivity index (χ2n) is 5.93. The minimum atomic E-state index is -0.347. The SMILES string of the molecule is C=C(C)C(=O)OCCCN=CN(/C=C\C)c1c(C)cc(C)cc1C. The van der Waals surface area contributed by atoms with Gasteiger partial charge in [-0.05, 0) is 45.7 Å². The third-order valence-electron chi connectivity index (χ3n) is 3.42. The Balaban J connectivity index is 2.68. The van der Waals surface area contributed by atoms with Crippen LogP contribution in [0.25, 0.3) is 0 Å². The van der Waals surface area contributed by atoms with Gasteiger partial charge in [0.1, 0.15) is 0 Å². The van der Waals surface area contributed by atoms with Crippen LogP contribution in [0.15, 0.2) is 41.6 Å². The molecule has 1 aromatic carbocycles. The predicted molar refractivity (Wildman–Crippen MR) is 102 cm³/mol. The average Bonchev–Trinajstić information content (AvgIpc) is 2.49. The summed E-state index contributed by atoms with van der Waals surface area (Å²) < 4.78 is 5.05. The van der Waals surface area contributed by atoms with Crippen LogP contribution in [0.5, 0.6) is 0 Å². The minimum absolute atomic E-state index is 0.347. The second-order valence-corrected chi connectivity index (χ2v) is 5.93. The fourth-order valence-electron chi connectivity index (χ4n) is 2.50. The lowest BCUT2D eigenvalue weighted by molar-refractivity contribution is -0.138. The first-order valence-corrected chi connectivity index (χ1v) is 8.18. The van der Waals surface area contributed by atoms with Crippen molar-refractivity contribution >= 4 is 18.0 Å². The second kappa shape index (κ2) is 9.71. The van der Waals surface area contributed by atoms with Gasteiger partial charge in [-0.2, -0.15) is 0 Å². The molecule has 0 bridgehead atoms. The predicted octanol–water partition coefficient (Wildman–Crippen LogP) is 4.49. The molecule has 24 heavy (non-hydrogen) atoms. The van der Waals surface area contributed by atoms with E-state index in [0.717, 1.165) is 5.69 Å². The first-order valence-electron chi connectivity index (χ1n) is 8.18. The van der Waals surface area contributed by atoms with Gasteiger partial charge in [0.05, 0.1) is 18.6 Å². The number of nitrogens with zero attached hydrogens (tertiary/aromatic N) is 2. The molecule has 0 unspecified atom stereocenters. The first-order chi connectivity index (χ1) is 11.4. The molecule has 1 aromatic rings. The maximum absolute atomic E-state index is 11.3. The van der Waals surface area contributed by atoms with Gasteiger partial charge in [0.25, 0.3) is 0 Å². The van der Waals surface area contributed by atoms with Gasteiger partial charge >= 0.3 is 5.97 Å². The summed E-state index contributed by atoms with van der Waals surface area (Å²) in [5.74, 6) is -0.347. The number of allylic oxidation sites excluding steroid dienone is 1. The third-order valence-corrected chi connectivity index (χ3v) is 3.42. The van der Waals surface area contributed by atoms with Gasteiger partial charge in [-0.25, -0.2) is 4.79 Å². The number of aliphatic imine (C=N–C) groups is 1. The van der Waals surface area contributed by atoms with Crippen molar-refractivity contribution in [2.45, 2.75) is 41.0 Å². The number of hydrogen-bond donors (Lipinski definition) is 0. The summed E-state index contributed by atoms with van der Waals surface area (Å²) in [5.41, 5.74) is 5.25. The molecule has 0 fully saturated rings. The van der Waals surface area contributed by atoms with Crippen LogP contribution in [0.4, 0.5) is 5.69 Å². The van der Waals surface area contributed by atoms with E-state index in [1.165, 1.54) is 16.7 Å². The zero-order valence-corrected chi connectivity index (χ0v) is 15.4. The third kappa shape index (κ3) is 6.03. The van der Waals surface area contributed by atoms with Crippen molar-refractivity contribution in [2.24, 2.45) is 4.99 Å². The summed E-state index contributed by atoms with van der Waals surface area (Å²) >= 11 is 0. The van der Waals surface area contributed by atoms with E-state index >= 15 is 0 Å². The topological polar surface area (TPSA) is 41.9 Å². The van der Waals surface area contributed by atoms with Crippen LogP contribution >= 0.6 is 0 Å². The van der Waals surface area contributed by atoms with Crippen LogP contribution in [0.2, 0.25) is 0 Å². The molecule has 4 heteroatoms. The number of ether oxygens (including phenoxy) is 1. The van der Waals surface area contributed by atoms with Gasteiger partial charge in [-0.15, -0.1) is 0 Å². The van der Waals surface area contributed by atoms with Crippen LogP contribution < -0.4 is 4.90 Å². The van der Waals surface area contributed by atoms with E-state index in [9.17, 15) is 4.79 Å². The van der Waals surface area contributed by atoms with Crippen molar-refractivity contribution in [2.75, 3.05) is 18.1 Å². The Morgan fingerprint density at radius 3 is 2.46 bits per heavy atom. The summed E-state index contributed by atoms with van der Waals surface area (Å²) in [6, 6.07) is 4.34. The maximum Gasteiger partial charge on any atom is 0.333 e. The molecule has 4 nitrogen and oxygen atoms in total. The van der Waals surface area contributed by atoms with Crippen molar-refractivity contribution in [1.82, 2.24) is 0 Å².